The standard InChI is InChI=1S/C3H7.Dy/c1-3-2;/h3H,1-2H3;/q-1;. The first-order chi connectivity index (χ1) is 1.41. The van der Waals surface area contributed by atoms with Gasteiger partial charge in [-0.05, 0) is 0 Å². The SMILES string of the molecule is C[CH-]C.[Dy]. The van der Waals surface area contributed by atoms with Crippen molar-refractivity contribution in [2.24, 2.45) is 0 Å². The molecule has 4 heavy (non-hydrogen) atoms. The van der Waals surface area contributed by atoms with Crippen LogP contribution in [0.15, 0.2) is 0 Å². The predicted octanol–water partition coefficient (Wildman–Crippen LogP) is 1.23. The van der Waals surface area contributed by atoms with E-state index in [4.69, 9.17) is 0 Å². The summed E-state index contributed by atoms with van der Waals surface area (Å²) in [5, 5.41) is 0. The van der Waals surface area contributed by atoms with Crippen LogP contribution in [0, 0.1) is 44.6 Å². The maximum Gasteiger partial charge on any atom is 0 e. The Morgan fingerprint density at radius 2 is 1.25 bits per heavy atom. The Hall–Kier alpha value is 1.27. The fraction of sp³-hybridized carbons (Fsp3) is 0.667. The molecule has 0 aromatic rings. The first-order valence-corrected chi connectivity index (χ1v) is 1.15. The molecule has 0 bridgehead atoms. The minimum atomic E-state index is 0. The maximum absolute atomic E-state index is 2.00. The molecule has 0 aliphatic heterocycles. The molecule has 0 spiro atoms. The molecule has 30 valence electrons. The summed E-state index contributed by atoms with van der Waals surface area (Å²) in [4.78, 5) is 0. The van der Waals surface area contributed by atoms with Crippen LogP contribution in [0.1, 0.15) is 13.8 Å². The third kappa shape index (κ3) is 10.4. The van der Waals surface area contributed by atoms with E-state index in [1.165, 1.54) is 0 Å². The monoisotopic (exact) mass is 207 g/mol. The van der Waals surface area contributed by atoms with Gasteiger partial charge in [0.2, 0.25) is 0 Å². The zero-order chi connectivity index (χ0) is 2.71. The molecular weight excluding hydrogens is 199 g/mol. The molecule has 0 aliphatic carbocycles. The fourth-order valence-corrected chi connectivity index (χ4v) is 0. The van der Waals surface area contributed by atoms with Crippen LogP contribution in [0.2, 0.25) is 0 Å². The minimum absolute atomic E-state index is 0. The fourth-order valence-electron chi connectivity index (χ4n) is 0. The summed E-state index contributed by atoms with van der Waals surface area (Å²) in [7, 11) is 0. The molecule has 0 radical (unpaired) electrons. The molecule has 0 N–H and O–H groups in total. The van der Waals surface area contributed by atoms with Gasteiger partial charge in [-0.3, -0.25) is 0 Å². The summed E-state index contributed by atoms with van der Waals surface area (Å²) in [5.41, 5.74) is 0. The summed E-state index contributed by atoms with van der Waals surface area (Å²) >= 11 is 0. The molecule has 0 fully saturated rings. The second-order valence-electron chi connectivity index (χ2n) is 0.577. The van der Waals surface area contributed by atoms with Crippen molar-refractivity contribution in [1.82, 2.24) is 0 Å². The van der Waals surface area contributed by atoms with Crippen molar-refractivity contribution in [1.29, 1.82) is 0 Å². The molecule has 0 rings (SSSR count). The van der Waals surface area contributed by atoms with Crippen molar-refractivity contribution in [2.75, 3.05) is 0 Å². The molecule has 0 atom stereocenters. The Kier molecular flexibility index (Phi) is 19.9. The van der Waals surface area contributed by atoms with Crippen LogP contribution in [0.25, 0.3) is 0 Å². The van der Waals surface area contributed by atoms with E-state index >= 15 is 0 Å². The molecule has 0 amide bonds. The van der Waals surface area contributed by atoms with Gasteiger partial charge in [0.15, 0.2) is 0 Å². The molecule has 0 unspecified atom stereocenters. The third-order valence-electron chi connectivity index (χ3n) is 0. The van der Waals surface area contributed by atoms with Crippen LogP contribution in [-0.2, 0) is 0 Å². The van der Waals surface area contributed by atoms with E-state index in [-0.39, 0.29) is 38.2 Å². The quantitative estimate of drug-likeness (QED) is 0.522. The molecule has 0 heterocycles. The molecule has 0 saturated carbocycles. The van der Waals surface area contributed by atoms with E-state index in [9.17, 15) is 0 Å². The van der Waals surface area contributed by atoms with Crippen molar-refractivity contribution in [3.8, 4) is 0 Å². The molecule has 0 aromatic carbocycles. The van der Waals surface area contributed by atoms with E-state index in [0.29, 0.717) is 0 Å². The normalized spacial score (nSPS) is 4.50. The van der Waals surface area contributed by atoms with Gasteiger partial charge in [-0.25, -0.2) is 0 Å². The van der Waals surface area contributed by atoms with E-state index in [0.717, 1.165) is 0 Å². The first kappa shape index (κ1) is 8.99. The van der Waals surface area contributed by atoms with Gasteiger partial charge in [0, 0.05) is 38.2 Å². The molecule has 0 aromatic heterocycles. The molecule has 0 saturated heterocycles. The summed E-state index contributed by atoms with van der Waals surface area (Å²) in [6, 6.07) is 0. The molecule has 0 aliphatic rings. The van der Waals surface area contributed by atoms with Crippen LogP contribution in [0.3, 0.4) is 0 Å². The average molecular weight is 206 g/mol. The first-order valence-electron chi connectivity index (χ1n) is 1.15. The van der Waals surface area contributed by atoms with Gasteiger partial charge < -0.3 is 6.42 Å². The van der Waals surface area contributed by atoms with Gasteiger partial charge in [0.25, 0.3) is 0 Å². The Morgan fingerprint density at radius 1 is 1.25 bits per heavy atom. The van der Waals surface area contributed by atoms with Gasteiger partial charge in [0.05, 0.1) is 0 Å². The van der Waals surface area contributed by atoms with Crippen LogP contribution in [-0.4, -0.2) is 0 Å². The summed E-state index contributed by atoms with van der Waals surface area (Å²) in [5.74, 6) is 0. The summed E-state index contributed by atoms with van der Waals surface area (Å²) in [6.07, 6.45) is 2.00. The summed E-state index contributed by atoms with van der Waals surface area (Å²) in [6.45, 7) is 4.00. The largest absolute Gasteiger partial charge is 0.335 e. The van der Waals surface area contributed by atoms with Crippen LogP contribution in [0.5, 0.6) is 0 Å². The van der Waals surface area contributed by atoms with Gasteiger partial charge in [-0.1, -0.05) is 0 Å². The van der Waals surface area contributed by atoms with E-state index in [1.54, 1.807) is 0 Å². The Bertz CT molecular complexity index is 3.25. The minimum Gasteiger partial charge on any atom is -0.335 e. The van der Waals surface area contributed by atoms with Crippen LogP contribution in [0.4, 0.5) is 0 Å². The van der Waals surface area contributed by atoms with E-state index in [1.807, 2.05) is 20.3 Å². The Balaban J connectivity index is 0. The Labute approximate surface area is 58.0 Å². The van der Waals surface area contributed by atoms with Crippen molar-refractivity contribution in [3.05, 3.63) is 6.42 Å². The Morgan fingerprint density at radius 3 is 1.25 bits per heavy atom. The average Bonchev–Trinajstić information content (AvgIpc) is 0.918. The summed E-state index contributed by atoms with van der Waals surface area (Å²) < 4.78 is 0. The zero-order valence-corrected chi connectivity index (χ0v) is 4.92. The van der Waals surface area contributed by atoms with Crippen molar-refractivity contribution < 1.29 is 38.2 Å². The second-order valence-corrected chi connectivity index (χ2v) is 0.577. The van der Waals surface area contributed by atoms with Gasteiger partial charge in [0.1, 0.15) is 0 Å². The smallest absolute Gasteiger partial charge is 0 e. The number of hydrogen-bond acceptors (Lipinski definition) is 0. The third-order valence-corrected chi connectivity index (χ3v) is 0. The topological polar surface area (TPSA) is 0 Å². The predicted molar refractivity (Wildman–Crippen MR) is 15.6 cm³/mol. The van der Waals surface area contributed by atoms with Crippen molar-refractivity contribution in [3.63, 3.8) is 0 Å². The molecule has 0 nitrogen and oxygen atoms in total. The second kappa shape index (κ2) is 8.86. The van der Waals surface area contributed by atoms with Gasteiger partial charge in [-0.2, -0.15) is 13.8 Å². The van der Waals surface area contributed by atoms with E-state index < -0.39 is 0 Å². The molecule has 1 heteroatoms. The van der Waals surface area contributed by atoms with Crippen molar-refractivity contribution >= 4 is 0 Å². The van der Waals surface area contributed by atoms with Crippen LogP contribution < -0.4 is 0 Å². The van der Waals surface area contributed by atoms with Crippen LogP contribution >= 0.6 is 0 Å². The number of hydrogen-bond donors (Lipinski definition) is 0. The van der Waals surface area contributed by atoms with Gasteiger partial charge in [-0.15, -0.1) is 0 Å². The molecular formula is C3H7Dy-. The maximum atomic E-state index is 2.00. The number of rotatable bonds is 0. The van der Waals surface area contributed by atoms with E-state index in [2.05, 4.69) is 0 Å². The zero-order valence-electron chi connectivity index (χ0n) is 2.89. The van der Waals surface area contributed by atoms with Gasteiger partial charge >= 0.3 is 0 Å². The van der Waals surface area contributed by atoms with Crippen molar-refractivity contribution in [2.45, 2.75) is 13.8 Å².